The molecule has 1 aromatic carbocycles. The Labute approximate surface area is 117 Å². The summed E-state index contributed by atoms with van der Waals surface area (Å²) >= 11 is 0. The summed E-state index contributed by atoms with van der Waals surface area (Å²) in [5.74, 6) is 0.424. The first-order valence-electron chi connectivity index (χ1n) is 6.05. The number of nitrogens with two attached hydrogens (primary N) is 1. The molecular formula is C13H18ClF2NO2. The molecule has 2 rings (SSSR count). The molecule has 0 aliphatic carbocycles. The van der Waals surface area contributed by atoms with Crippen molar-refractivity contribution in [3.05, 3.63) is 29.8 Å². The Morgan fingerprint density at radius 1 is 1.21 bits per heavy atom. The molecule has 0 saturated carbocycles. The van der Waals surface area contributed by atoms with Crippen LogP contribution in [0.2, 0.25) is 0 Å². The zero-order valence-electron chi connectivity index (χ0n) is 10.4. The number of rotatable bonds is 4. The summed E-state index contributed by atoms with van der Waals surface area (Å²) in [5.41, 5.74) is 6.81. The van der Waals surface area contributed by atoms with Gasteiger partial charge in [0.1, 0.15) is 5.75 Å². The molecule has 1 atom stereocenters. The van der Waals surface area contributed by atoms with E-state index in [1.165, 1.54) is 6.07 Å². The Bertz CT molecular complexity index is 387. The van der Waals surface area contributed by atoms with Gasteiger partial charge in [0.05, 0.1) is 0 Å². The molecule has 1 heterocycles. The van der Waals surface area contributed by atoms with Crippen LogP contribution >= 0.6 is 12.4 Å². The van der Waals surface area contributed by atoms with E-state index in [1.807, 2.05) is 0 Å². The summed E-state index contributed by atoms with van der Waals surface area (Å²) in [7, 11) is 0. The highest BCUT2D eigenvalue weighted by molar-refractivity contribution is 5.85. The molecule has 1 saturated heterocycles. The van der Waals surface area contributed by atoms with Gasteiger partial charge in [0.15, 0.2) is 0 Å². The fraction of sp³-hybridized carbons (Fsp3) is 0.538. The first kappa shape index (κ1) is 16.1. The molecule has 19 heavy (non-hydrogen) atoms. The molecule has 1 fully saturated rings. The van der Waals surface area contributed by atoms with Crippen LogP contribution in [0.15, 0.2) is 24.3 Å². The molecule has 0 spiro atoms. The molecule has 6 heteroatoms. The van der Waals surface area contributed by atoms with Crippen molar-refractivity contribution >= 4 is 12.4 Å². The van der Waals surface area contributed by atoms with Gasteiger partial charge in [0.25, 0.3) is 0 Å². The van der Waals surface area contributed by atoms with E-state index in [2.05, 4.69) is 4.74 Å². The third kappa shape index (κ3) is 4.30. The van der Waals surface area contributed by atoms with Gasteiger partial charge in [-0.05, 0) is 24.8 Å². The smallest absolute Gasteiger partial charge is 0.387 e. The maximum atomic E-state index is 12.3. The number of hydrogen-bond donors (Lipinski definition) is 1. The molecule has 1 aromatic rings. The molecule has 108 valence electrons. The Balaban J connectivity index is 0.00000180. The predicted octanol–water partition coefficient (Wildman–Crippen LogP) is 3.14. The lowest BCUT2D eigenvalue weighted by Gasteiger charge is -2.28. The van der Waals surface area contributed by atoms with Crippen molar-refractivity contribution in [2.24, 2.45) is 11.7 Å². The van der Waals surface area contributed by atoms with E-state index >= 15 is 0 Å². The summed E-state index contributed by atoms with van der Waals surface area (Å²) in [6.45, 7) is -1.47. The van der Waals surface area contributed by atoms with E-state index in [9.17, 15) is 8.78 Å². The highest BCUT2D eigenvalue weighted by Crippen LogP contribution is 2.33. The number of benzene rings is 1. The number of alkyl halides is 2. The number of ether oxygens (including phenoxy) is 2. The minimum absolute atomic E-state index is 0. The topological polar surface area (TPSA) is 44.5 Å². The van der Waals surface area contributed by atoms with Crippen LogP contribution in [0.5, 0.6) is 5.75 Å². The lowest BCUT2D eigenvalue weighted by molar-refractivity contribution is -0.0509. The first-order valence-corrected chi connectivity index (χ1v) is 6.05. The summed E-state index contributed by atoms with van der Waals surface area (Å²) in [6.07, 6.45) is 1.70. The van der Waals surface area contributed by atoms with Crippen molar-refractivity contribution in [3.63, 3.8) is 0 Å². The molecular weight excluding hydrogens is 276 g/mol. The maximum absolute atomic E-state index is 12.3. The van der Waals surface area contributed by atoms with E-state index in [0.717, 1.165) is 12.8 Å². The number of hydrogen-bond acceptors (Lipinski definition) is 3. The monoisotopic (exact) mass is 293 g/mol. The minimum atomic E-state index is -2.83. The van der Waals surface area contributed by atoms with Gasteiger partial charge in [-0.2, -0.15) is 8.78 Å². The second kappa shape index (κ2) is 7.62. The first-order chi connectivity index (χ1) is 8.68. The molecule has 0 bridgehead atoms. The Kier molecular flexibility index (Phi) is 6.48. The molecule has 1 aliphatic heterocycles. The van der Waals surface area contributed by atoms with Gasteiger partial charge in [0, 0.05) is 24.8 Å². The summed E-state index contributed by atoms with van der Waals surface area (Å²) < 4.78 is 34.4. The summed E-state index contributed by atoms with van der Waals surface area (Å²) in [6, 6.07) is 6.44. The third-order valence-corrected chi connectivity index (χ3v) is 3.27. The molecule has 0 radical (unpaired) electrons. The average molecular weight is 294 g/mol. The minimum Gasteiger partial charge on any atom is -0.434 e. The van der Waals surface area contributed by atoms with Crippen molar-refractivity contribution in [1.82, 2.24) is 0 Å². The van der Waals surface area contributed by atoms with Crippen molar-refractivity contribution < 1.29 is 18.3 Å². The van der Waals surface area contributed by atoms with Crippen LogP contribution in [-0.4, -0.2) is 19.8 Å². The second-order valence-corrected chi connectivity index (χ2v) is 4.39. The van der Waals surface area contributed by atoms with Gasteiger partial charge in [-0.25, -0.2) is 0 Å². The van der Waals surface area contributed by atoms with Gasteiger partial charge in [-0.3, -0.25) is 0 Å². The fourth-order valence-electron chi connectivity index (χ4n) is 2.29. The van der Waals surface area contributed by atoms with Crippen molar-refractivity contribution in [1.29, 1.82) is 0 Å². The van der Waals surface area contributed by atoms with Crippen LogP contribution in [-0.2, 0) is 4.74 Å². The van der Waals surface area contributed by atoms with E-state index in [1.54, 1.807) is 18.2 Å². The van der Waals surface area contributed by atoms with Crippen LogP contribution in [0.4, 0.5) is 8.78 Å². The average Bonchev–Trinajstić information content (AvgIpc) is 2.39. The molecule has 3 nitrogen and oxygen atoms in total. The van der Waals surface area contributed by atoms with Crippen LogP contribution in [0, 0.1) is 5.92 Å². The normalized spacial score (nSPS) is 17.9. The highest BCUT2D eigenvalue weighted by Gasteiger charge is 2.25. The van der Waals surface area contributed by atoms with Gasteiger partial charge in [-0.15, -0.1) is 12.4 Å². The van der Waals surface area contributed by atoms with E-state index < -0.39 is 6.61 Å². The Morgan fingerprint density at radius 3 is 2.47 bits per heavy atom. The molecule has 0 amide bonds. The van der Waals surface area contributed by atoms with E-state index in [-0.39, 0.29) is 30.1 Å². The molecule has 1 aliphatic rings. The second-order valence-electron chi connectivity index (χ2n) is 4.39. The zero-order chi connectivity index (χ0) is 13.0. The van der Waals surface area contributed by atoms with Crippen LogP contribution in [0.3, 0.4) is 0 Å². The van der Waals surface area contributed by atoms with Crippen LogP contribution in [0.25, 0.3) is 0 Å². The number of halogens is 3. The largest absolute Gasteiger partial charge is 0.434 e. The third-order valence-electron chi connectivity index (χ3n) is 3.27. The zero-order valence-corrected chi connectivity index (χ0v) is 11.2. The molecule has 0 aromatic heterocycles. The summed E-state index contributed by atoms with van der Waals surface area (Å²) in [4.78, 5) is 0. The van der Waals surface area contributed by atoms with E-state index in [4.69, 9.17) is 10.5 Å². The van der Waals surface area contributed by atoms with Gasteiger partial charge >= 0.3 is 6.61 Å². The standard InChI is InChI=1S/C13H17F2NO2.ClH/c14-13(15)18-11-4-2-1-3-10(11)12(16)9-5-7-17-8-6-9;/h1-4,9,12-13H,5-8,16H2;1H/t12-;/m1./s1. The van der Waals surface area contributed by atoms with E-state index in [0.29, 0.717) is 18.8 Å². The van der Waals surface area contributed by atoms with Crippen molar-refractivity contribution in [2.75, 3.05) is 13.2 Å². The molecule has 0 unspecified atom stereocenters. The van der Waals surface area contributed by atoms with Crippen LogP contribution in [0.1, 0.15) is 24.4 Å². The van der Waals surface area contributed by atoms with Crippen molar-refractivity contribution in [2.45, 2.75) is 25.5 Å². The quantitative estimate of drug-likeness (QED) is 0.927. The molecule has 2 N–H and O–H groups in total. The van der Waals surface area contributed by atoms with Gasteiger partial charge in [-0.1, -0.05) is 18.2 Å². The fourth-order valence-corrected chi connectivity index (χ4v) is 2.29. The lowest BCUT2D eigenvalue weighted by atomic mass is 9.87. The van der Waals surface area contributed by atoms with Gasteiger partial charge < -0.3 is 15.2 Å². The maximum Gasteiger partial charge on any atom is 0.387 e. The van der Waals surface area contributed by atoms with Crippen LogP contribution < -0.4 is 10.5 Å². The van der Waals surface area contributed by atoms with Crippen molar-refractivity contribution in [3.8, 4) is 5.75 Å². The highest BCUT2D eigenvalue weighted by atomic mass is 35.5. The predicted molar refractivity (Wildman–Crippen MR) is 70.8 cm³/mol. The van der Waals surface area contributed by atoms with Gasteiger partial charge in [0.2, 0.25) is 0 Å². The Hall–Kier alpha value is -0.910. The number of para-hydroxylation sites is 1. The SMILES string of the molecule is Cl.N[C@@H](c1ccccc1OC(F)F)C1CCOCC1. The lowest BCUT2D eigenvalue weighted by Crippen LogP contribution is -2.28. The Morgan fingerprint density at radius 2 is 1.84 bits per heavy atom. The summed E-state index contributed by atoms with van der Waals surface area (Å²) in [5, 5.41) is 0.